The molecule has 0 aromatic heterocycles. The van der Waals surface area contributed by atoms with Crippen LogP contribution in [0.4, 0.5) is 4.39 Å². The normalized spacial score (nSPS) is 20.3. The molecule has 0 bridgehead atoms. The van der Waals surface area contributed by atoms with Crippen LogP contribution in [0.25, 0.3) is 0 Å². The highest BCUT2D eigenvalue weighted by Gasteiger charge is 2.33. The number of hydrogen-bond acceptors (Lipinski definition) is 2. The molecule has 1 aliphatic carbocycles. The van der Waals surface area contributed by atoms with E-state index in [9.17, 15) is 9.50 Å². The summed E-state index contributed by atoms with van der Waals surface area (Å²) >= 11 is 0. The van der Waals surface area contributed by atoms with Crippen molar-refractivity contribution in [1.82, 2.24) is 5.32 Å². The Bertz CT molecular complexity index is 603. The Kier molecular flexibility index (Phi) is 4.45. The van der Waals surface area contributed by atoms with Gasteiger partial charge in [0.25, 0.3) is 0 Å². The summed E-state index contributed by atoms with van der Waals surface area (Å²) in [5.74, 6) is -0.671. The van der Waals surface area contributed by atoms with Crippen LogP contribution in [0.15, 0.2) is 42.5 Å². The minimum atomic E-state index is -0.545. The van der Waals surface area contributed by atoms with Crippen molar-refractivity contribution in [3.8, 4) is 5.75 Å². The zero-order valence-electron chi connectivity index (χ0n) is 11.1. The maximum Gasteiger partial charge on any atom is 0.165 e. The Morgan fingerprint density at radius 3 is 2.55 bits per heavy atom. The molecule has 0 spiro atoms. The highest BCUT2D eigenvalue weighted by molar-refractivity contribution is 8.93. The Morgan fingerprint density at radius 1 is 1.20 bits per heavy atom. The average Bonchev–Trinajstić information content (AvgIpc) is 2.78. The van der Waals surface area contributed by atoms with Gasteiger partial charge in [0, 0.05) is 12.0 Å². The van der Waals surface area contributed by atoms with Crippen LogP contribution in [0.1, 0.15) is 22.6 Å². The number of benzene rings is 2. The predicted octanol–water partition coefficient (Wildman–Crippen LogP) is 3.39. The van der Waals surface area contributed by atoms with Crippen molar-refractivity contribution >= 4 is 17.0 Å². The molecular weight excluding hydrogens is 321 g/mol. The molecule has 20 heavy (non-hydrogen) atoms. The number of phenolic OH excluding ortho intramolecular Hbond substituents is 1. The lowest BCUT2D eigenvalue weighted by atomic mass is 9.90. The number of likely N-dealkylation sites (N-methyl/N-ethyl adjacent to an activating group) is 1. The van der Waals surface area contributed by atoms with Gasteiger partial charge in [0.05, 0.1) is 0 Å². The minimum Gasteiger partial charge on any atom is -0.505 e. The summed E-state index contributed by atoms with van der Waals surface area (Å²) in [7, 11) is 1.92. The van der Waals surface area contributed by atoms with Crippen LogP contribution in [-0.2, 0) is 6.42 Å². The predicted molar refractivity (Wildman–Crippen MR) is 83.2 cm³/mol. The molecule has 0 saturated carbocycles. The number of nitrogens with one attached hydrogen (secondary N) is 1. The maximum absolute atomic E-state index is 13.6. The van der Waals surface area contributed by atoms with Crippen LogP contribution in [0, 0.1) is 5.82 Å². The van der Waals surface area contributed by atoms with Crippen LogP contribution in [0.2, 0.25) is 0 Å². The van der Waals surface area contributed by atoms with Crippen molar-refractivity contribution < 1.29 is 9.50 Å². The van der Waals surface area contributed by atoms with Gasteiger partial charge in [-0.3, -0.25) is 0 Å². The first-order valence-corrected chi connectivity index (χ1v) is 6.44. The number of rotatable bonds is 2. The van der Waals surface area contributed by atoms with Crippen LogP contribution in [-0.4, -0.2) is 18.2 Å². The van der Waals surface area contributed by atoms with E-state index in [1.54, 1.807) is 6.07 Å². The number of hydrogen-bond donors (Lipinski definition) is 2. The molecule has 0 unspecified atom stereocenters. The third-order valence-corrected chi connectivity index (χ3v) is 3.92. The fourth-order valence-electron chi connectivity index (χ4n) is 3.00. The van der Waals surface area contributed by atoms with E-state index >= 15 is 0 Å². The van der Waals surface area contributed by atoms with Gasteiger partial charge >= 0.3 is 0 Å². The quantitative estimate of drug-likeness (QED) is 0.880. The van der Waals surface area contributed by atoms with E-state index in [0.29, 0.717) is 0 Å². The molecule has 2 aromatic carbocycles. The molecule has 2 aromatic rings. The third-order valence-electron chi connectivity index (χ3n) is 3.92. The molecule has 0 amide bonds. The van der Waals surface area contributed by atoms with Crippen molar-refractivity contribution in [3.05, 3.63) is 65.0 Å². The Labute approximate surface area is 128 Å². The summed E-state index contributed by atoms with van der Waals surface area (Å²) in [6, 6.07) is 13.4. The van der Waals surface area contributed by atoms with E-state index < -0.39 is 5.82 Å². The molecule has 2 nitrogen and oxygen atoms in total. The van der Waals surface area contributed by atoms with Crippen LogP contribution < -0.4 is 5.32 Å². The van der Waals surface area contributed by atoms with Gasteiger partial charge in [0.2, 0.25) is 0 Å². The van der Waals surface area contributed by atoms with Crippen molar-refractivity contribution in [2.24, 2.45) is 0 Å². The second kappa shape index (κ2) is 5.94. The summed E-state index contributed by atoms with van der Waals surface area (Å²) in [5.41, 5.74) is 3.17. The molecule has 0 radical (unpaired) electrons. The summed E-state index contributed by atoms with van der Waals surface area (Å²) < 4.78 is 13.6. The van der Waals surface area contributed by atoms with Crippen LogP contribution in [0.5, 0.6) is 5.75 Å². The first-order chi connectivity index (χ1) is 9.20. The van der Waals surface area contributed by atoms with Gasteiger partial charge in [0.1, 0.15) is 0 Å². The smallest absolute Gasteiger partial charge is 0.165 e. The van der Waals surface area contributed by atoms with Crippen molar-refractivity contribution in [2.45, 2.75) is 18.4 Å². The maximum atomic E-state index is 13.6. The highest BCUT2D eigenvalue weighted by Crippen LogP contribution is 2.40. The van der Waals surface area contributed by atoms with E-state index in [-0.39, 0.29) is 34.7 Å². The zero-order valence-corrected chi connectivity index (χ0v) is 12.8. The number of halogens is 2. The second-order valence-corrected chi connectivity index (χ2v) is 4.99. The van der Waals surface area contributed by atoms with Gasteiger partial charge in [-0.05, 0) is 42.3 Å². The molecule has 0 fully saturated rings. The third kappa shape index (κ3) is 2.45. The van der Waals surface area contributed by atoms with E-state index in [1.165, 1.54) is 11.6 Å². The molecule has 2 atom stereocenters. The number of aromatic hydroxyl groups is 1. The Balaban J connectivity index is 0.00000147. The first kappa shape index (κ1) is 15.0. The topological polar surface area (TPSA) is 32.3 Å². The molecule has 1 aliphatic rings. The highest BCUT2D eigenvalue weighted by atomic mass is 79.9. The van der Waals surface area contributed by atoms with Gasteiger partial charge in [0.15, 0.2) is 11.6 Å². The SMILES string of the molecule is Br.CN[C@@H]1Cc2cc(O)c(F)cc2[C@H]1c1ccccc1. The Hall–Kier alpha value is -1.39. The molecule has 4 heteroatoms. The van der Waals surface area contributed by atoms with E-state index in [1.807, 2.05) is 25.2 Å². The Morgan fingerprint density at radius 2 is 1.90 bits per heavy atom. The number of fused-ring (bicyclic) bond motifs is 1. The summed E-state index contributed by atoms with van der Waals surface area (Å²) in [6.07, 6.45) is 0.805. The standard InChI is InChI=1S/C16H16FNO.BrH/c1-18-14-7-11-8-15(19)13(17)9-12(11)16(14)10-5-3-2-4-6-10;/h2-6,8-9,14,16,18-19H,7H2,1H3;1H/t14-,16-;/m1./s1. The average molecular weight is 338 g/mol. The number of phenols is 1. The van der Waals surface area contributed by atoms with E-state index in [2.05, 4.69) is 17.4 Å². The monoisotopic (exact) mass is 337 g/mol. The zero-order chi connectivity index (χ0) is 13.4. The molecule has 106 valence electrons. The van der Waals surface area contributed by atoms with Gasteiger partial charge in [-0.25, -0.2) is 4.39 Å². The van der Waals surface area contributed by atoms with Gasteiger partial charge in [-0.15, -0.1) is 17.0 Å². The first-order valence-electron chi connectivity index (χ1n) is 6.44. The fraction of sp³-hybridized carbons (Fsp3) is 0.250. The van der Waals surface area contributed by atoms with Crippen molar-refractivity contribution in [3.63, 3.8) is 0 Å². The molecule has 0 saturated heterocycles. The lowest BCUT2D eigenvalue weighted by Crippen LogP contribution is -2.29. The lowest BCUT2D eigenvalue weighted by molar-refractivity contribution is 0.431. The minimum absolute atomic E-state index is 0. The largest absolute Gasteiger partial charge is 0.505 e. The van der Waals surface area contributed by atoms with Crippen molar-refractivity contribution in [1.29, 1.82) is 0 Å². The molecule has 3 rings (SSSR count). The molecule has 0 heterocycles. The summed E-state index contributed by atoms with van der Waals surface area (Å²) in [4.78, 5) is 0. The van der Waals surface area contributed by atoms with E-state index in [0.717, 1.165) is 17.5 Å². The second-order valence-electron chi connectivity index (χ2n) is 4.99. The summed E-state index contributed by atoms with van der Waals surface area (Å²) in [5, 5.41) is 12.8. The molecule has 0 aliphatic heterocycles. The van der Waals surface area contributed by atoms with Crippen molar-refractivity contribution in [2.75, 3.05) is 7.05 Å². The molecular formula is C16H17BrFNO. The summed E-state index contributed by atoms with van der Waals surface area (Å²) in [6.45, 7) is 0. The fourth-order valence-corrected chi connectivity index (χ4v) is 3.00. The van der Waals surface area contributed by atoms with Gasteiger partial charge in [-0.1, -0.05) is 30.3 Å². The van der Waals surface area contributed by atoms with E-state index in [4.69, 9.17) is 0 Å². The van der Waals surface area contributed by atoms with Crippen LogP contribution >= 0.6 is 17.0 Å². The van der Waals surface area contributed by atoms with Gasteiger partial charge in [-0.2, -0.15) is 0 Å². The van der Waals surface area contributed by atoms with Gasteiger partial charge < -0.3 is 10.4 Å². The van der Waals surface area contributed by atoms with Crippen LogP contribution in [0.3, 0.4) is 0 Å². The lowest BCUT2D eigenvalue weighted by Gasteiger charge is -2.20. The molecule has 2 N–H and O–H groups in total.